The third kappa shape index (κ3) is 2.38. The minimum absolute atomic E-state index is 0.248. The van der Waals surface area contributed by atoms with Crippen molar-refractivity contribution in [2.75, 3.05) is 14.2 Å². The fraction of sp³-hybridized carbons (Fsp3) is 0.500. The van der Waals surface area contributed by atoms with Gasteiger partial charge in [-0.05, 0) is 0 Å². The van der Waals surface area contributed by atoms with Gasteiger partial charge in [0.05, 0.1) is 0 Å². The van der Waals surface area contributed by atoms with E-state index in [1.165, 1.54) is 25.6 Å². The van der Waals surface area contributed by atoms with E-state index >= 15 is 0 Å². The summed E-state index contributed by atoms with van der Waals surface area (Å²) in [5, 5.41) is 2.59. The molecule has 0 N–H and O–H groups in total. The lowest BCUT2D eigenvalue weighted by atomic mass is 10.8. The Kier molecular flexibility index (Phi) is 3.40. The molecule has 0 saturated carbocycles. The highest BCUT2D eigenvalue weighted by atomic mass is 32.1. The summed E-state index contributed by atoms with van der Waals surface area (Å²) < 4.78 is 21.1. The molecule has 68 valence electrons. The molecule has 4 nitrogen and oxygen atoms in total. The number of aromatic nitrogens is 1. The summed E-state index contributed by atoms with van der Waals surface area (Å²) in [6.07, 6.45) is 1.91. The Labute approximate surface area is 75.1 Å². The zero-order valence-corrected chi connectivity index (χ0v) is 8.60. The summed E-state index contributed by atoms with van der Waals surface area (Å²) in [4.78, 5) is 3.98. The SMILES string of the molecule is COP(=O)(Cc1nccs1)OC. The Balaban J connectivity index is 2.67. The molecule has 0 radical (unpaired) electrons. The first-order valence-electron chi connectivity index (χ1n) is 3.29. The summed E-state index contributed by atoms with van der Waals surface area (Å²) in [6.45, 7) is 0. The molecule has 0 atom stereocenters. The first kappa shape index (κ1) is 9.86. The monoisotopic (exact) mass is 207 g/mol. The topological polar surface area (TPSA) is 48.4 Å². The second kappa shape index (κ2) is 4.14. The van der Waals surface area contributed by atoms with E-state index in [1.54, 1.807) is 6.20 Å². The number of thiazole rings is 1. The van der Waals surface area contributed by atoms with E-state index in [4.69, 9.17) is 9.05 Å². The predicted molar refractivity (Wildman–Crippen MR) is 47.4 cm³/mol. The van der Waals surface area contributed by atoms with Gasteiger partial charge < -0.3 is 9.05 Å². The van der Waals surface area contributed by atoms with Crippen LogP contribution in [0.3, 0.4) is 0 Å². The molecule has 1 aromatic rings. The molecule has 1 heterocycles. The molecule has 0 saturated heterocycles. The largest absolute Gasteiger partial charge is 0.336 e. The number of rotatable bonds is 4. The van der Waals surface area contributed by atoms with Gasteiger partial charge in [0.2, 0.25) is 0 Å². The van der Waals surface area contributed by atoms with Crippen molar-refractivity contribution >= 4 is 18.9 Å². The molecule has 0 unspecified atom stereocenters. The molecule has 12 heavy (non-hydrogen) atoms. The first-order valence-corrected chi connectivity index (χ1v) is 5.90. The highest BCUT2D eigenvalue weighted by molar-refractivity contribution is 7.53. The van der Waals surface area contributed by atoms with Gasteiger partial charge in [0, 0.05) is 25.8 Å². The third-order valence-electron chi connectivity index (χ3n) is 1.37. The molecular weight excluding hydrogens is 197 g/mol. The van der Waals surface area contributed by atoms with Crippen molar-refractivity contribution in [3.05, 3.63) is 16.6 Å². The Morgan fingerprint density at radius 3 is 2.67 bits per heavy atom. The van der Waals surface area contributed by atoms with Crippen molar-refractivity contribution < 1.29 is 13.6 Å². The summed E-state index contributed by atoms with van der Waals surface area (Å²) >= 11 is 1.44. The summed E-state index contributed by atoms with van der Waals surface area (Å²) in [6, 6.07) is 0. The van der Waals surface area contributed by atoms with Crippen molar-refractivity contribution in [2.45, 2.75) is 6.16 Å². The van der Waals surface area contributed by atoms with Gasteiger partial charge in [-0.2, -0.15) is 0 Å². The highest BCUT2D eigenvalue weighted by Crippen LogP contribution is 2.49. The Morgan fingerprint density at radius 1 is 1.58 bits per heavy atom. The molecule has 6 heteroatoms. The minimum Gasteiger partial charge on any atom is -0.312 e. The molecule has 0 aliphatic carbocycles. The van der Waals surface area contributed by atoms with Crippen LogP contribution in [0.2, 0.25) is 0 Å². The fourth-order valence-corrected chi connectivity index (χ4v) is 2.69. The first-order chi connectivity index (χ1) is 5.70. The van der Waals surface area contributed by atoms with Gasteiger partial charge in [-0.1, -0.05) is 0 Å². The third-order valence-corrected chi connectivity index (χ3v) is 4.16. The van der Waals surface area contributed by atoms with Gasteiger partial charge in [0.25, 0.3) is 0 Å². The van der Waals surface area contributed by atoms with Gasteiger partial charge in [0.15, 0.2) is 0 Å². The van der Waals surface area contributed by atoms with E-state index in [-0.39, 0.29) is 6.16 Å². The van der Waals surface area contributed by atoms with Crippen LogP contribution in [0, 0.1) is 0 Å². The van der Waals surface area contributed by atoms with Crippen molar-refractivity contribution in [2.24, 2.45) is 0 Å². The summed E-state index contributed by atoms with van der Waals surface area (Å²) in [5.74, 6) is 0. The second-order valence-corrected chi connectivity index (χ2v) is 5.31. The van der Waals surface area contributed by atoms with Crippen molar-refractivity contribution in [3.8, 4) is 0 Å². The van der Waals surface area contributed by atoms with Crippen LogP contribution < -0.4 is 0 Å². The molecule has 0 bridgehead atoms. The van der Waals surface area contributed by atoms with E-state index in [0.29, 0.717) is 0 Å². The molecule has 0 aliphatic heterocycles. The summed E-state index contributed by atoms with van der Waals surface area (Å²) in [7, 11) is -0.176. The molecule has 0 fully saturated rings. The van der Waals surface area contributed by atoms with E-state index < -0.39 is 7.60 Å². The maximum Gasteiger partial charge on any atom is 0.336 e. The molecular formula is C6H10NO3PS. The Morgan fingerprint density at radius 2 is 2.25 bits per heavy atom. The lowest BCUT2D eigenvalue weighted by Crippen LogP contribution is -1.92. The molecule has 0 aromatic carbocycles. The zero-order chi connectivity index (χ0) is 9.03. The smallest absolute Gasteiger partial charge is 0.312 e. The highest BCUT2D eigenvalue weighted by Gasteiger charge is 2.22. The fourth-order valence-electron chi connectivity index (χ4n) is 0.700. The standard InChI is InChI=1S/C6H10NO3PS/c1-9-11(8,10-2)5-6-7-3-4-12-6/h3-4H,5H2,1-2H3. The maximum atomic E-state index is 11.5. The summed E-state index contributed by atoms with van der Waals surface area (Å²) in [5.41, 5.74) is 0. The quantitative estimate of drug-likeness (QED) is 0.709. The van der Waals surface area contributed by atoms with Crippen LogP contribution >= 0.6 is 18.9 Å². The molecule has 0 aliphatic rings. The van der Waals surface area contributed by atoms with Crippen LogP contribution in [0.15, 0.2) is 11.6 Å². The van der Waals surface area contributed by atoms with E-state index in [1.807, 2.05) is 5.38 Å². The van der Waals surface area contributed by atoms with Gasteiger partial charge >= 0.3 is 7.60 Å². The maximum absolute atomic E-state index is 11.5. The normalized spacial score (nSPS) is 11.8. The van der Waals surface area contributed by atoms with E-state index in [9.17, 15) is 4.57 Å². The number of nitrogens with zero attached hydrogens (tertiary/aromatic N) is 1. The molecule has 0 spiro atoms. The number of hydrogen-bond donors (Lipinski definition) is 0. The van der Waals surface area contributed by atoms with Crippen LogP contribution in [-0.2, 0) is 19.8 Å². The van der Waals surface area contributed by atoms with E-state index in [2.05, 4.69) is 4.98 Å². The van der Waals surface area contributed by atoms with Gasteiger partial charge in [0.1, 0.15) is 11.2 Å². The van der Waals surface area contributed by atoms with Crippen LogP contribution in [0.4, 0.5) is 0 Å². The Hall–Kier alpha value is -0.220. The van der Waals surface area contributed by atoms with Crippen LogP contribution in [-0.4, -0.2) is 19.2 Å². The van der Waals surface area contributed by atoms with Crippen molar-refractivity contribution in [1.82, 2.24) is 4.98 Å². The molecule has 1 aromatic heterocycles. The molecule has 1 rings (SSSR count). The van der Waals surface area contributed by atoms with Gasteiger partial charge in [-0.15, -0.1) is 11.3 Å². The predicted octanol–water partition coefficient (Wildman–Crippen LogP) is 2.13. The van der Waals surface area contributed by atoms with Crippen molar-refractivity contribution in [1.29, 1.82) is 0 Å². The zero-order valence-electron chi connectivity index (χ0n) is 6.89. The second-order valence-electron chi connectivity index (χ2n) is 2.06. The lowest BCUT2D eigenvalue weighted by Gasteiger charge is -2.10. The average molecular weight is 207 g/mol. The van der Waals surface area contributed by atoms with Crippen LogP contribution in [0.5, 0.6) is 0 Å². The van der Waals surface area contributed by atoms with Gasteiger partial charge in [-0.25, -0.2) is 4.98 Å². The average Bonchev–Trinajstić information content (AvgIpc) is 2.57. The Bertz CT molecular complexity index is 266. The molecule has 0 amide bonds. The lowest BCUT2D eigenvalue weighted by molar-refractivity contribution is 0.274. The van der Waals surface area contributed by atoms with Crippen LogP contribution in [0.25, 0.3) is 0 Å². The van der Waals surface area contributed by atoms with Gasteiger partial charge in [-0.3, -0.25) is 4.57 Å². The number of hydrogen-bond acceptors (Lipinski definition) is 5. The minimum atomic E-state index is -2.92. The van der Waals surface area contributed by atoms with Crippen molar-refractivity contribution in [3.63, 3.8) is 0 Å². The van der Waals surface area contributed by atoms with Crippen LogP contribution in [0.1, 0.15) is 5.01 Å². The van der Waals surface area contributed by atoms with E-state index in [0.717, 1.165) is 5.01 Å².